The lowest BCUT2D eigenvalue weighted by Crippen LogP contribution is -2.26. The molecule has 1 aromatic rings. The van der Waals surface area contributed by atoms with Gasteiger partial charge >= 0.3 is 0 Å². The quantitative estimate of drug-likeness (QED) is 0.688. The van der Waals surface area contributed by atoms with Gasteiger partial charge in [-0.05, 0) is 6.42 Å². The van der Waals surface area contributed by atoms with Gasteiger partial charge in [0.2, 0.25) is 0 Å². The second kappa shape index (κ2) is 6.27. The smallest absolute Gasteiger partial charge is 0.257 e. The number of sulfonamides is 1. The molecule has 8 heteroatoms. The molecule has 6 nitrogen and oxygen atoms in total. The van der Waals surface area contributed by atoms with Crippen molar-refractivity contribution in [1.82, 2.24) is 14.7 Å². The van der Waals surface area contributed by atoms with E-state index >= 15 is 0 Å². The van der Waals surface area contributed by atoms with Gasteiger partial charge in [0.05, 0.1) is 6.20 Å². The molecule has 1 aromatic heterocycles. The maximum absolute atomic E-state index is 11.7. The van der Waals surface area contributed by atoms with E-state index < -0.39 is 20.8 Å². The predicted octanol–water partition coefficient (Wildman–Crippen LogP) is 0.0190. The molecule has 1 atom stereocenters. The van der Waals surface area contributed by atoms with E-state index in [1.165, 1.54) is 6.20 Å². The fraction of sp³-hybridized carbons (Fsp3) is 0.667. The lowest BCUT2D eigenvalue weighted by atomic mass is 10.5. The van der Waals surface area contributed by atoms with Gasteiger partial charge in [0.15, 0.2) is 5.03 Å². The Morgan fingerprint density at radius 1 is 1.53 bits per heavy atom. The Kier molecular flexibility index (Phi) is 5.29. The predicted molar refractivity (Wildman–Crippen MR) is 66.7 cm³/mol. The number of nitrogens with zero attached hydrogens (tertiary/aromatic N) is 1. The van der Waals surface area contributed by atoms with Crippen molar-refractivity contribution in [2.75, 3.05) is 18.6 Å². The molecular formula is C9H17N3O3S2. The van der Waals surface area contributed by atoms with E-state index in [0.717, 1.165) is 0 Å². The van der Waals surface area contributed by atoms with Gasteiger partial charge in [0, 0.05) is 35.8 Å². The summed E-state index contributed by atoms with van der Waals surface area (Å²) in [6, 6.07) is 0. The van der Waals surface area contributed by atoms with Crippen molar-refractivity contribution in [3.05, 3.63) is 12.0 Å². The molecule has 1 rings (SSSR count). The van der Waals surface area contributed by atoms with Crippen LogP contribution in [0.3, 0.4) is 0 Å². The number of rotatable bonds is 7. The summed E-state index contributed by atoms with van der Waals surface area (Å²) in [5.74, 6) is 1.13. The standard InChI is InChI=1S/C9H17N3O3S2/c1-3-8-10-7-9(12-8)17(14,15)11-5-4-6-16(2)13/h7,11H,3-6H2,1-2H3,(H,10,12). The Labute approximate surface area is 104 Å². The van der Waals surface area contributed by atoms with Crippen LogP contribution in [0.5, 0.6) is 0 Å². The van der Waals surface area contributed by atoms with Crippen LogP contribution in [-0.4, -0.2) is 41.1 Å². The Bertz CT molecular complexity index is 481. The first-order valence-corrected chi connectivity index (χ1v) is 8.50. The molecule has 0 aliphatic rings. The summed E-state index contributed by atoms with van der Waals surface area (Å²) in [7, 11) is -4.41. The largest absolute Gasteiger partial charge is 0.332 e. The average molecular weight is 279 g/mol. The van der Waals surface area contributed by atoms with E-state index in [4.69, 9.17) is 0 Å². The Morgan fingerprint density at radius 2 is 2.24 bits per heavy atom. The molecule has 0 saturated carbocycles. The molecule has 0 spiro atoms. The minimum atomic E-state index is -3.51. The lowest BCUT2D eigenvalue weighted by molar-refractivity contribution is 0.577. The summed E-state index contributed by atoms with van der Waals surface area (Å²) in [6.07, 6.45) is 4.11. The fourth-order valence-electron chi connectivity index (χ4n) is 1.22. The summed E-state index contributed by atoms with van der Waals surface area (Å²) in [4.78, 5) is 6.67. The molecule has 0 saturated heterocycles. The molecule has 0 bridgehead atoms. The Hall–Kier alpha value is -0.730. The third-order valence-electron chi connectivity index (χ3n) is 2.13. The number of nitrogens with one attached hydrogen (secondary N) is 2. The first-order chi connectivity index (χ1) is 7.95. The number of aromatic amines is 1. The first kappa shape index (κ1) is 14.3. The van der Waals surface area contributed by atoms with Crippen LogP contribution < -0.4 is 4.72 Å². The normalized spacial score (nSPS) is 13.8. The van der Waals surface area contributed by atoms with E-state index in [1.54, 1.807) is 6.26 Å². The molecule has 2 N–H and O–H groups in total. The van der Waals surface area contributed by atoms with Gasteiger partial charge in [-0.3, -0.25) is 4.21 Å². The van der Waals surface area contributed by atoms with Crippen LogP contribution in [0.2, 0.25) is 0 Å². The molecule has 0 radical (unpaired) electrons. The molecule has 0 amide bonds. The van der Waals surface area contributed by atoms with Gasteiger partial charge < -0.3 is 4.98 Å². The molecular weight excluding hydrogens is 262 g/mol. The molecule has 0 fully saturated rings. The summed E-state index contributed by atoms with van der Waals surface area (Å²) in [6.45, 7) is 2.17. The molecule has 0 aliphatic carbocycles. The van der Waals surface area contributed by atoms with Crippen LogP contribution in [0.4, 0.5) is 0 Å². The van der Waals surface area contributed by atoms with Crippen molar-refractivity contribution < 1.29 is 12.6 Å². The fourth-order valence-corrected chi connectivity index (χ4v) is 2.78. The van der Waals surface area contributed by atoms with Crippen LogP contribution in [0, 0.1) is 0 Å². The summed E-state index contributed by atoms with van der Waals surface area (Å²) >= 11 is 0. The number of imidazole rings is 1. The van der Waals surface area contributed by atoms with E-state index in [1.807, 2.05) is 6.92 Å². The molecule has 17 heavy (non-hydrogen) atoms. The van der Waals surface area contributed by atoms with E-state index in [9.17, 15) is 12.6 Å². The molecule has 1 unspecified atom stereocenters. The van der Waals surface area contributed by atoms with Crippen molar-refractivity contribution in [2.24, 2.45) is 0 Å². The highest BCUT2D eigenvalue weighted by atomic mass is 32.2. The summed E-state index contributed by atoms with van der Waals surface area (Å²) in [5, 5.41) is 0.0759. The van der Waals surface area contributed by atoms with Crippen LogP contribution in [0.1, 0.15) is 19.2 Å². The minimum Gasteiger partial charge on any atom is -0.332 e. The summed E-state index contributed by atoms with van der Waals surface area (Å²) < 4.78 is 36.7. The van der Waals surface area contributed by atoms with Crippen LogP contribution in [0.15, 0.2) is 11.2 Å². The topological polar surface area (TPSA) is 91.9 Å². The average Bonchev–Trinajstić information content (AvgIpc) is 2.73. The monoisotopic (exact) mass is 279 g/mol. The van der Waals surface area contributed by atoms with Crippen molar-refractivity contribution in [1.29, 1.82) is 0 Å². The molecule has 1 heterocycles. The van der Waals surface area contributed by atoms with Crippen molar-refractivity contribution in [2.45, 2.75) is 24.8 Å². The zero-order valence-corrected chi connectivity index (χ0v) is 11.5. The second-order valence-electron chi connectivity index (χ2n) is 3.58. The lowest BCUT2D eigenvalue weighted by Gasteiger charge is -2.03. The van der Waals surface area contributed by atoms with E-state index in [2.05, 4.69) is 14.7 Å². The zero-order valence-electron chi connectivity index (χ0n) is 9.89. The highest BCUT2D eigenvalue weighted by Crippen LogP contribution is 2.05. The summed E-state index contributed by atoms with van der Waals surface area (Å²) in [5.41, 5.74) is 0. The van der Waals surface area contributed by atoms with Gasteiger partial charge in [0.25, 0.3) is 10.0 Å². The van der Waals surface area contributed by atoms with Gasteiger partial charge in [-0.25, -0.2) is 18.1 Å². The molecule has 98 valence electrons. The molecule has 0 aromatic carbocycles. The Balaban J connectivity index is 2.53. The van der Waals surface area contributed by atoms with Crippen molar-refractivity contribution in [3.8, 4) is 0 Å². The van der Waals surface area contributed by atoms with E-state index in [-0.39, 0.29) is 11.6 Å². The van der Waals surface area contributed by atoms with Gasteiger partial charge in [-0.2, -0.15) is 0 Å². The number of aryl methyl sites for hydroxylation is 1. The third-order valence-corrected chi connectivity index (χ3v) is 4.36. The van der Waals surface area contributed by atoms with Crippen molar-refractivity contribution in [3.63, 3.8) is 0 Å². The van der Waals surface area contributed by atoms with Gasteiger partial charge in [-0.1, -0.05) is 6.92 Å². The maximum atomic E-state index is 11.7. The number of H-pyrrole nitrogens is 1. The zero-order chi connectivity index (χ0) is 12.9. The van der Waals surface area contributed by atoms with Crippen molar-refractivity contribution >= 4 is 20.8 Å². The maximum Gasteiger partial charge on any atom is 0.257 e. The second-order valence-corrected chi connectivity index (χ2v) is 6.87. The molecule has 0 aliphatic heterocycles. The van der Waals surface area contributed by atoms with Crippen LogP contribution >= 0.6 is 0 Å². The first-order valence-electron chi connectivity index (χ1n) is 5.29. The SMILES string of the molecule is CCc1ncc(S(=O)(=O)NCCCS(C)=O)[nH]1. The number of hydrogen-bond donors (Lipinski definition) is 2. The highest BCUT2D eigenvalue weighted by molar-refractivity contribution is 7.89. The van der Waals surface area contributed by atoms with Crippen LogP contribution in [0.25, 0.3) is 0 Å². The third kappa shape index (κ3) is 4.57. The van der Waals surface area contributed by atoms with Gasteiger partial charge in [0.1, 0.15) is 5.82 Å². The van der Waals surface area contributed by atoms with Gasteiger partial charge in [-0.15, -0.1) is 0 Å². The minimum absolute atomic E-state index is 0.0759. The van der Waals surface area contributed by atoms with Crippen LogP contribution in [-0.2, 0) is 27.2 Å². The Morgan fingerprint density at radius 3 is 2.76 bits per heavy atom. The number of aromatic nitrogens is 2. The number of hydrogen-bond acceptors (Lipinski definition) is 4. The highest BCUT2D eigenvalue weighted by Gasteiger charge is 2.15. The van der Waals surface area contributed by atoms with E-state index in [0.29, 0.717) is 24.4 Å².